The first kappa shape index (κ1) is 26.5. The van der Waals surface area contributed by atoms with Gasteiger partial charge in [-0.25, -0.2) is 0 Å². The number of hydrogen-bond donors (Lipinski definition) is 2. The summed E-state index contributed by atoms with van der Waals surface area (Å²) in [7, 11) is 2.15. The summed E-state index contributed by atoms with van der Waals surface area (Å²) in [6.07, 6.45) is 0. The van der Waals surface area contributed by atoms with E-state index < -0.39 is 0 Å². The maximum atomic E-state index is 4.79. The molecule has 0 radical (unpaired) electrons. The van der Waals surface area contributed by atoms with Crippen molar-refractivity contribution < 1.29 is 0 Å². The highest BCUT2D eigenvalue weighted by molar-refractivity contribution is 5.63. The van der Waals surface area contributed by atoms with Gasteiger partial charge >= 0.3 is 0 Å². The van der Waals surface area contributed by atoms with Crippen LogP contribution < -0.4 is 25.3 Å². The standard InChI is InChI=1S/C28H41N9/c1-6-35(7-2)24-14-10-22(11-15-24)29-26-31-27(33-28(32-26)37-20-18-34(5)19-21-37)30-23-12-16-25(17-13-23)36(8-3)9-4/h10-17H,6-9,18-21H2,1-5H3,(H2,29,30,31,32,33). The van der Waals surface area contributed by atoms with Crippen LogP contribution >= 0.6 is 0 Å². The molecule has 1 saturated heterocycles. The van der Waals surface area contributed by atoms with Gasteiger partial charge in [-0.1, -0.05) is 0 Å². The lowest BCUT2D eigenvalue weighted by molar-refractivity contribution is 0.311. The lowest BCUT2D eigenvalue weighted by atomic mass is 10.2. The fraction of sp³-hybridized carbons (Fsp3) is 0.464. The first-order valence-electron chi connectivity index (χ1n) is 13.5. The molecule has 0 aliphatic carbocycles. The molecular formula is C28H41N9. The van der Waals surface area contributed by atoms with E-state index in [0.29, 0.717) is 17.8 Å². The molecule has 1 aromatic heterocycles. The molecule has 1 fully saturated rings. The lowest BCUT2D eigenvalue weighted by Crippen LogP contribution is -2.45. The summed E-state index contributed by atoms with van der Waals surface area (Å²) >= 11 is 0. The van der Waals surface area contributed by atoms with E-state index in [0.717, 1.165) is 63.7 Å². The van der Waals surface area contributed by atoms with Crippen LogP contribution in [0.25, 0.3) is 0 Å². The van der Waals surface area contributed by atoms with E-state index in [1.165, 1.54) is 11.4 Å². The molecule has 0 unspecified atom stereocenters. The minimum absolute atomic E-state index is 0.529. The second-order valence-corrected chi connectivity index (χ2v) is 9.26. The lowest BCUT2D eigenvalue weighted by Gasteiger charge is -2.32. The van der Waals surface area contributed by atoms with Gasteiger partial charge in [0.1, 0.15) is 0 Å². The van der Waals surface area contributed by atoms with Gasteiger partial charge in [0.15, 0.2) is 0 Å². The third-order valence-corrected chi connectivity index (χ3v) is 6.91. The number of hydrogen-bond acceptors (Lipinski definition) is 9. The zero-order valence-corrected chi connectivity index (χ0v) is 22.9. The number of piperazine rings is 1. The third-order valence-electron chi connectivity index (χ3n) is 6.91. The molecule has 0 atom stereocenters. The minimum atomic E-state index is 0.529. The first-order chi connectivity index (χ1) is 18.0. The van der Waals surface area contributed by atoms with Crippen LogP contribution in [0.4, 0.5) is 40.6 Å². The average Bonchev–Trinajstić information content (AvgIpc) is 2.92. The largest absolute Gasteiger partial charge is 0.372 e. The maximum Gasteiger partial charge on any atom is 0.233 e. The molecule has 4 rings (SSSR count). The van der Waals surface area contributed by atoms with E-state index in [-0.39, 0.29) is 0 Å². The Morgan fingerprint density at radius 2 is 1.03 bits per heavy atom. The predicted octanol–water partition coefficient (Wildman–Crippen LogP) is 4.80. The summed E-state index contributed by atoms with van der Waals surface area (Å²) in [6.45, 7) is 16.4. The monoisotopic (exact) mass is 503 g/mol. The normalized spacial score (nSPS) is 13.9. The number of nitrogens with zero attached hydrogens (tertiary/aromatic N) is 7. The summed E-state index contributed by atoms with van der Waals surface area (Å²) in [5, 5.41) is 6.79. The van der Waals surface area contributed by atoms with E-state index in [4.69, 9.17) is 15.0 Å². The average molecular weight is 504 g/mol. The van der Waals surface area contributed by atoms with Crippen molar-refractivity contribution in [3.05, 3.63) is 48.5 Å². The van der Waals surface area contributed by atoms with Crippen molar-refractivity contribution in [2.24, 2.45) is 0 Å². The van der Waals surface area contributed by atoms with Crippen molar-refractivity contribution in [3.8, 4) is 0 Å². The molecule has 2 N–H and O–H groups in total. The van der Waals surface area contributed by atoms with Gasteiger partial charge in [0.05, 0.1) is 0 Å². The number of nitrogens with one attached hydrogen (secondary N) is 2. The minimum Gasteiger partial charge on any atom is -0.372 e. The topological polar surface area (TPSA) is 75.7 Å². The molecule has 9 heteroatoms. The Balaban J connectivity index is 1.57. The number of anilines is 7. The number of rotatable bonds is 11. The van der Waals surface area contributed by atoms with Crippen LogP contribution in [0.2, 0.25) is 0 Å². The Hall–Kier alpha value is -3.59. The summed E-state index contributed by atoms with van der Waals surface area (Å²) in [4.78, 5) is 23.5. The van der Waals surface area contributed by atoms with Gasteiger partial charge < -0.3 is 30.2 Å². The van der Waals surface area contributed by atoms with E-state index in [2.05, 4.69) is 114 Å². The SMILES string of the molecule is CCN(CC)c1ccc(Nc2nc(Nc3ccc(N(CC)CC)cc3)nc(N3CCN(C)CC3)n2)cc1. The van der Waals surface area contributed by atoms with E-state index >= 15 is 0 Å². The second-order valence-electron chi connectivity index (χ2n) is 9.26. The quantitative estimate of drug-likeness (QED) is 0.384. The third kappa shape index (κ3) is 6.80. The van der Waals surface area contributed by atoms with Gasteiger partial charge in [-0.15, -0.1) is 0 Å². The highest BCUT2D eigenvalue weighted by atomic mass is 15.4. The summed E-state index contributed by atoms with van der Waals surface area (Å²) in [5.41, 5.74) is 4.31. The Morgan fingerprint density at radius 3 is 1.41 bits per heavy atom. The highest BCUT2D eigenvalue weighted by Gasteiger charge is 2.19. The molecule has 0 bridgehead atoms. The molecule has 1 aliphatic rings. The molecule has 0 spiro atoms. The van der Waals surface area contributed by atoms with Crippen molar-refractivity contribution in [3.63, 3.8) is 0 Å². The van der Waals surface area contributed by atoms with Crippen molar-refractivity contribution in [2.75, 3.05) is 84.7 Å². The molecule has 2 heterocycles. The van der Waals surface area contributed by atoms with Crippen LogP contribution in [-0.2, 0) is 0 Å². The van der Waals surface area contributed by atoms with Gasteiger partial charge in [-0.3, -0.25) is 0 Å². The van der Waals surface area contributed by atoms with Gasteiger partial charge in [-0.2, -0.15) is 15.0 Å². The first-order valence-corrected chi connectivity index (χ1v) is 13.5. The predicted molar refractivity (Wildman–Crippen MR) is 156 cm³/mol. The maximum absolute atomic E-state index is 4.79. The number of benzene rings is 2. The Bertz CT molecular complexity index is 1030. The Labute approximate surface area is 221 Å². The molecule has 9 nitrogen and oxygen atoms in total. The number of likely N-dealkylation sites (N-methyl/N-ethyl adjacent to an activating group) is 1. The van der Waals surface area contributed by atoms with Crippen LogP contribution in [0.3, 0.4) is 0 Å². The molecule has 198 valence electrons. The molecule has 37 heavy (non-hydrogen) atoms. The van der Waals surface area contributed by atoms with Crippen LogP contribution in [-0.4, -0.2) is 79.3 Å². The number of aromatic nitrogens is 3. The van der Waals surface area contributed by atoms with Crippen LogP contribution in [0, 0.1) is 0 Å². The zero-order valence-electron chi connectivity index (χ0n) is 22.9. The smallest absolute Gasteiger partial charge is 0.233 e. The van der Waals surface area contributed by atoms with Crippen LogP contribution in [0.5, 0.6) is 0 Å². The Morgan fingerprint density at radius 1 is 0.622 bits per heavy atom. The zero-order chi connectivity index (χ0) is 26.2. The van der Waals surface area contributed by atoms with Gasteiger partial charge in [-0.05, 0) is 83.3 Å². The van der Waals surface area contributed by atoms with Gasteiger partial charge in [0.25, 0.3) is 0 Å². The Kier molecular flexibility index (Phi) is 9.00. The molecule has 2 aromatic carbocycles. The van der Waals surface area contributed by atoms with Crippen molar-refractivity contribution in [1.29, 1.82) is 0 Å². The van der Waals surface area contributed by atoms with Crippen molar-refractivity contribution >= 4 is 40.6 Å². The highest BCUT2D eigenvalue weighted by Crippen LogP contribution is 2.24. The van der Waals surface area contributed by atoms with E-state index in [1.807, 2.05) is 0 Å². The molecule has 0 amide bonds. The summed E-state index contributed by atoms with van der Waals surface area (Å²) in [6, 6.07) is 16.8. The van der Waals surface area contributed by atoms with Crippen LogP contribution in [0.15, 0.2) is 48.5 Å². The van der Waals surface area contributed by atoms with Gasteiger partial charge in [0, 0.05) is 75.1 Å². The van der Waals surface area contributed by atoms with Crippen molar-refractivity contribution in [1.82, 2.24) is 19.9 Å². The summed E-state index contributed by atoms with van der Waals surface area (Å²) in [5.74, 6) is 1.75. The van der Waals surface area contributed by atoms with Gasteiger partial charge in [0.2, 0.25) is 17.8 Å². The fourth-order valence-corrected chi connectivity index (χ4v) is 4.57. The molecule has 3 aromatic rings. The van der Waals surface area contributed by atoms with Crippen LogP contribution in [0.1, 0.15) is 27.7 Å². The molecule has 1 aliphatic heterocycles. The van der Waals surface area contributed by atoms with Crippen molar-refractivity contribution in [2.45, 2.75) is 27.7 Å². The van der Waals surface area contributed by atoms with E-state index in [1.54, 1.807) is 0 Å². The van der Waals surface area contributed by atoms with E-state index in [9.17, 15) is 0 Å². The second kappa shape index (κ2) is 12.6. The molecule has 0 saturated carbocycles. The molecular weight excluding hydrogens is 462 g/mol. The summed E-state index contributed by atoms with van der Waals surface area (Å²) < 4.78 is 0. The fourth-order valence-electron chi connectivity index (χ4n) is 4.57.